The van der Waals surface area contributed by atoms with Crippen molar-refractivity contribution >= 4 is 5.69 Å². The summed E-state index contributed by atoms with van der Waals surface area (Å²) >= 11 is 0. The molecule has 18 heavy (non-hydrogen) atoms. The van der Waals surface area contributed by atoms with Crippen molar-refractivity contribution in [2.75, 3.05) is 5.73 Å². The van der Waals surface area contributed by atoms with E-state index in [-0.39, 0.29) is 0 Å². The van der Waals surface area contributed by atoms with Crippen molar-refractivity contribution in [1.29, 1.82) is 0 Å². The molecule has 0 saturated heterocycles. The molecule has 1 aliphatic carbocycles. The average Bonchev–Trinajstić information content (AvgIpc) is 3.11. The van der Waals surface area contributed by atoms with Crippen molar-refractivity contribution in [2.24, 2.45) is 5.92 Å². The van der Waals surface area contributed by atoms with E-state index in [1.54, 1.807) is 0 Å². The van der Waals surface area contributed by atoms with Crippen LogP contribution in [0.4, 0.5) is 5.69 Å². The predicted octanol–water partition coefficient (Wildman–Crippen LogP) is 3.41. The summed E-state index contributed by atoms with van der Waals surface area (Å²) < 4.78 is 2.03. The van der Waals surface area contributed by atoms with Crippen molar-refractivity contribution in [3.05, 3.63) is 36.0 Å². The quantitative estimate of drug-likeness (QED) is 0.894. The van der Waals surface area contributed by atoms with Crippen LogP contribution in [-0.2, 0) is 0 Å². The van der Waals surface area contributed by atoms with Crippen LogP contribution in [0.2, 0.25) is 0 Å². The van der Waals surface area contributed by atoms with Gasteiger partial charge >= 0.3 is 0 Å². The molecule has 1 atom stereocenters. The zero-order valence-corrected chi connectivity index (χ0v) is 10.9. The summed E-state index contributed by atoms with van der Waals surface area (Å²) in [6.07, 6.45) is 4.61. The van der Waals surface area contributed by atoms with Gasteiger partial charge in [-0.05, 0) is 38.7 Å². The maximum Gasteiger partial charge on any atom is 0.115 e. The van der Waals surface area contributed by atoms with Gasteiger partial charge in [-0.25, -0.2) is 0 Å². The molecule has 3 heteroatoms. The van der Waals surface area contributed by atoms with E-state index < -0.39 is 0 Å². The van der Waals surface area contributed by atoms with Crippen LogP contribution in [-0.4, -0.2) is 9.78 Å². The van der Waals surface area contributed by atoms with Gasteiger partial charge in [0.15, 0.2) is 0 Å². The standard InChI is InChI=1S/C15H19N3/c1-10-4-3-5-13(8-10)15-14(16)9-18(17-15)11(2)12-6-7-12/h3-5,8-9,11-12H,6-7,16H2,1-2H3. The minimum Gasteiger partial charge on any atom is -0.396 e. The fourth-order valence-corrected chi connectivity index (χ4v) is 2.43. The molecule has 2 aromatic rings. The van der Waals surface area contributed by atoms with E-state index in [1.165, 1.54) is 18.4 Å². The van der Waals surface area contributed by atoms with Gasteiger partial charge in [0.05, 0.1) is 11.7 Å². The van der Waals surface area contributed by atoms with E-state index in [9.17, 15) is 0 Å². The Hall–Kier alpha value is -1.77. The topological polar surface area (TPSA) is 43.8 Å². The third-order valence-electron chi connectivity index (χ3n) is 3.77. The second-order valence-electron chi connectivity index (χ2n) is 5.36. The summed E-state index contributed by atoms with van der Waals surface area (Å²) in [5.41, 5.74) is 10.1. The largest absolute Gasteiger partial charge is 0.396 e. The van der Waals surface area contributed by atoms with Gasteiger partial charge in [0, 0.05) is 11.8 Å². The number of hydrogen-bond donors (Lipinski definition) is 1. The second-order valence-corrected chi connectivity index (χ2v) is 5.36. The number of nitrogen functional groups attached to an aromatic ring is 1. The minimum atomic E-state index is 0.464. The number of nitrogens with zero attached hydrogens (tertiary/aromatic N) is 2. The highest BCUT2D eigenvalue weighted by Gasteiger charge is 2.30. The molecular weight excluding hydrogens is 222 g/mol. The Kier molecular flexibility index (Phi) is 2.62. The summed E-state index contributed by atoms with van der Waals surface area (Å²) in [4.78, 5) is 0. The van der Waals surface area contributed by atoms with Crippen molar-refractivity contribution < 1.29 is 0 Å². The van der Waals surface area contributed by atoms with Crippen LogP contribution in [0.3, 0.4) is 0 Å². The maximum absolute atomic E-state index is 6.10. The zero-order valence-electron chi connectivity index (χ0n) is 10.9. The molecule has 2 N–H and O–H groups in total. The van der Waals surface area contributed by atoms with Gasteiger partial charge in [0.25, 0.3) is 0 Å². The van der Waals surface area contributed by atoms with Gasteiger partial charge in [-0.15, -0.1) is 0 Å². The van der Waals surface area contributed by atoms with Crippen molar-refractivity contribution in [3.63, 3.8) is 0 Å². The van der Waals surface area contributed by atoms with Gasteiger partial charge in [-0.3, -0.25) is 4.68 Å². The summed E-state index contributed by atoms with van der Waals surface area (Å²) in [5.74, 6) is 0.787. The van der Waals surface area contributed by atoms with Gasteiger partial charge in [-0.2, -0.15) is 5.10 Å². The fraction of sp³-hybridized carbons (Fsp3) is 0.400. The maximum atomic E-state index is 6.10. The molecule has 0 spiro atoms. The molecule has 0 aliphatic heterocycles. The number of aryl methyl sites for hydroxylation is 1. The molecule has 1 saturated carbocycles. The van der Waals surface area contributed by atoms with Crippen LogP contribution in [0.5, 0.6) is 0 Å². The molecule has 0 bridgehead atoms. The number of benzene rings is 1. The second kappa shape index (κ2) is 4.16. The highest BCUT2D eigenvalue weighted by atomic mass is 15.3. The smallest absolute Gasteiger partial charge is 0.115 e. The van der Waals surface area contributed by atoms with Crippen LogP contribution < -0.4 is 5.73 Å². The first-order valence-electron chi connectivity index (χ1n) is 6.57. The Morgan fingerprint density at radius 2 is 2.17 bits per heavy atom. The summed E-state index contributed by atoms with van der Waals surface area (Å²) in [6.45, 7) is 4.31. The zero-order chi connectivity index (χ0) is 12.7. The summed E-state index contributed by atoms with van der Waals surface area (Å²) in [6, 6.07) is 8.80. The average molecular weight is 241 g/mol. The lowest BCUT2D eigenvalue weighted by atomic mass is 10.1. The van der Waals surface area contributed by atoms with E-state index >= 15 is 0 Å². The minimum absolute atomic E-state index is 0.464. The lowest BCUT2D eigenvalue weighted by Gasteiger charge is -2.09. The fourth-order valence-electron chi connectivity index (χ4n) is 2.43. The third kappa shape index (κ3) is 2.01. The third-order valence-corrected chi connectivity index (χ3v) is 3.77. The molecule has 1 aromatic heterocycles. The monoisotopic (exact) mass is 241 g/mol. The Morgan fingerprint density at radius 3 is 2.83 bits per heavy atom. The van der Waals surface area contributed by atoms with Crippen molar-refractivity contribution in [2.45, 2.75) is 32.7 Å². The van der Waals surface area contributed by atoms with Crippen LogP contribution in [0.25, 0.3) is 11.3 Å². The van der Waals surface area contributed by atoms with Gasteiger partial charge in [-0.1, -0.05) is 23.8 Å². The Labute approximate surface area is 108 Å². The van der Waals surface area contributed by atoms with Gasteiger partial charge < -0.3 is 5.73 Å². The first kappa shape index (κ1) is 11.3. The lowest BCUT2D eigenvalue weighted by molar-refractivity contribution is 0.441. The first-order valence-corrected chi connectivity index (χ1v) is 6.57. The molecule has 0 amide bonds. The molecule has 94 valence electrons. The molecule has 3 nitrogen and oxygen atoms in total. The molecule has 1 unspecified atom stereocenters. The Bertz CT molecular complexity index is 567. The molecule has 1 aliphatic rings. The van der Waals surface area contributed by atoms with E-state index in [2.05, 4.69) is 37.1 Å². The number of anilines is 1. The lowest BCUT2D eigenvalue weighted by Crippen LogP contribution is -2.07. The molecule has 3 rings (SSSR count). The van der Waals surface area contributed by atoms with E-state index in [0.29, 0.717) is 6.04 Å². The normalized spacial score (nSPS) is 16.8. The predicted molar refractivity (Wildman–Crippen MR) is 74.2 cm³/mol. The molecular formula is C15H19N3. The first-order chi connectivity index (χ1) is 8.65. The van der Waals surface area contributed by atoms with Crippen LogP contribution in [0.15, 0.2) is 30.5 Å². The Balaban J connectivity index is 1.97. The van der Waals surface area contributed by atoms with Gasteiger partial charge in [0.2, 0.25) is 0 Å². The SMILES string of the molecule is Cc1cccc(-c2nn(C(C)C3CC3)cc2N)c1. The molecule has 1 heterocycles. The van der Waals surface area contributed by atoms with Crippen LogP contribution >= 0.6 is 0 Å². The highest BCUT2D eigenvalue weighted by molar-refractivity contribution is 5.72. The number of nitrogens with two attached hydrogens (primary N) is 1. The van der Waals surface area contributed by atoms with Crippen LogP contribution in [0, 0.1) is 12.8 Å². The number of aromatic nitrogens is 2. The summed E-state index contributed by atoms with van der Waals surface area (Å²) in [7, 11) is 0. The summed E-state index contributed by atoms with van der Waals surface area (Å²) in [5, 5.41) is 4.67. The number of hydrogen-bond acceptors (Lipinski definition) is 2. The van der Waals surface area contributed by atoms with Gasteiger partial charge in [0.1, 0.15) is 5.69 Å². The number of rotatable bonds is 3. The van der Waals surface area contributed by atoms with E-state index in [4.69, 9.17) is 5.73 Å². The Morgan fingerprint density at radius 1 is 1.39 bits per heavy atom. The van der Waals surface area contributed by atoms with E-state index in [1.807, 2.05) is 16.9 Å². The van der Waals surface area contributed by atoms with Crippen LogP contribution in [0.1, 0.15) is 31.4 Å². The van der Waals surface area contributed by atoms with Crippen molar-refractivity contribution in [1.82, 2.24) is 9.78 Å². The van der Waals surface area contributed by atoms with Crippen molar-refractivity contribution in [3.8, 4) is 11.3 Å². The molecule has 1 fully saturated rings. The molecule has 0 radical (unpaired) electrons. The molecule has 1 aromatic carbocycles. The van der Waals surface area contributed by atoms with E-state index in [0.717, 1.165) is 22.9 Å². The highest BCUT2D eigenvalue weighted by Crippen LogP contribution is 2.40.